The van der Waals surface area contributed by atoms with E-state index in [2.05, 4.69) is 4.72 Å². The lowest BCUT2D eigenvalue weighted by molar-refractivity contribution is 0.271. The number of nitrogens with zero attached hydrogens (tertiary/aromatic N) is 2. The molecule has 23 heavy (non-hydrogen) atoms. The number of benzene rings is 2. The molecular formula is C17H25N3O2S. The van der Waals surface area contributed by atoms with Gasteiger partial charge in [0.2, 0.25) is 10.0 Å². The molecule has 0 aromatic heterocycles. The van der Waals surface area contributed by atoms with Crippen LogP contribution in [-0.2, 0) is 10.0 Å². The first-order valence-electron chi connectivity index (χ1n) is 7.65. The van der Waals surface area contributed by atoms with Crippen LogP contribution in [-0.4, -0.2) is 47.7 Å². The Bertz CT molecular complexity index is 786. The van der Waals surface area contributed by atoms with E-state index in [1.807, 2.05) is 69.2 Å². The van der Waals surface area contributed by atoms with Gasteiger partial charge in [-0.15, -0.1) is 0 Å². The van der Waals surface area contributed by atoms with Crippen LogP contribution in [0, 0.1) is 0 Å². The summed E-state index contributed by atoms with van der Waals surface area (Å²) in [5.74, 6) is 0. The van der Waals surface area contributed by atoms with Crippen LogP contribution >= 0.6 is 0 Å². The molecule has 5 nitrogen and oxygen atoms in total. The molecule has 126 valence electrons. The highest BCUT2D eigenvalue weighted by atomic mass is 32.2. The second-order valence-electron chi connectivity index (χ2n) is 6.03. The van der Waals surface area contributed by atoms with Crippen LogP contribution in [0.2, 0.25) is 0 Å². The highest BCUT2D eigenvalue weighted by Gasteiger charge is 2.22. The predicted octanol–water partition coefficient (Wildman–Crippen LogP) is 2.48. The number of sulfonamides is 1. The molecule has 0 fully saturated rings. The topological polar surface area (TPSA) is 52.7 Å². The van der Waals surface area contributed by atoms with Crippen molar-refractivity contribution in [2.24, 2.45) is 0 Å². The third kappa shape index (κ3) is 3.65. The first-order valence-corrected chi connectivity index (χ1v) is 9.14. The van der Waals surface area contributed by atoms with Crippen LogP contribution in [0.1, 0.15) is 13.3 Å². The van der Waals surface area contributed by atoms with Gasteiger partial charge in [0.15, 0.2) is 0 Å². The van der Waals surface area contributed by atoms with Crippen molar-refractivity contribution in [3.63, 3.8) is 0 Å². The molecule has 0 amide bonds. The molecule has 1 N–H and O–H groups in total. The van der Waals surface area contributed by atoms with Gasteiger partial charge in [-0.1, -0.05) is 31.2 Å². The van der Waals surface area contributed by atoms with Gasteiger partial charge >= 0.3 is 0 Å². The first-order chi connectivity index (χ1) is 10.8. The lowest BCUT2D eigenvalue weighted by atomic mass is 10.1. The molecule has 0 aliphatic carbocycles. The molecule has 0 spiro atoms. The summed E-state index contributed by atoms with van der Waals surface area (Å²) < 4.78 is 28.5. The van der Waals surface area contributed by atoms with Crippen molar-refractivity contribution in [2.45, 2.75) is 24.4 Å². The standard InChI is InChI=1S/C17H25N3O2S/c1-6-17(20(4)5)18-23(21,22)16-12-8-9-13-14(16)10-7-11-15(13)19(2)3/h7-12,17-18H,6H2,1-5H3. The Morgan fingerprint density at radius 3 is 2.17 bits per heavy atom. The normalized spacial score (nSPS) is 13.5. The average molecular weight is 335 g/mol. The molecule has 1 atom stereocenters. The van der Waals surface area contributed by atoms with Gasteiger partial charge in [0.25, 0.3) is 0 Å². The van der Waals surface area contributed by atoms with Crippen LogP contribution < -0.4 is 9.62 Å². The van der Waals surface area contributed by atoms with Gasteiger partial charge in [-0.2, -0.15) is 4.72 Å². The third-order valence-electron chi connectivity index (χ3n) is 3.93. The Kier molecular flexibility index (Phi) is 5.29. The Morgan fingerprint density at radius 1 is 1.00 bits per heavy atom. The summed E-state index contributed by atoms with van der Waals surface area (Å²) in [5, 5.41) is 1.66. The molecular weight excluding hydrogens is 310 g/mol. The summed E-state index contributed by atoms with van der Waals surface area (Å²) in [5.41, 5.74) is 0.999. The van der Waals surface area contributed by atoms with Gasteiger partial charge in [0, 0.05) is 30.6 Å². The summed E-state index contributed by atoms with van der Waals surface area (Å²) in [6.07, 6.45) is 0.465. The first kappa shape index (κ1) is 17.7. The van der Waals surface area contributed by atoms with E-state index >= 15 is 0 Å². The van der Waals surface area contributed by atoms with Crippen LogP contribution in [0.3, 0.4) is 0 Å². The van der Waals surface area contributed by atoms with Crippen molar-refractivity contribution in [1.29, 1.82) is 0 Å². The van der Waals surface area contributed by atoms with Gasteiger partial charge < -0.3 is 4.90 Å². The average Bonchev–Trinajstić information content (AvgIpc) is 2.50. The van der Waals surface area contributed by atoms with Crippen molar-refractivity contribution < 1.29 is 8.42 Å². The number of anilines is 1. The fourth-order valence-electron chi connectivity index (χ4n) is 2.69. The second-order valence-corrected chi connectivity index (χ2v) is 7.71. The maximum Gasteiger partial charge on any atom is 0.242 e. The minimum atomic E-state index is -3.60. The SMILES string of the molecule is CCC(NS(=O)(=O)c1cccc2c(N(C)C)cccc12)N(C)C. The lowest BCUT2D eigenvalue weighted by Gasteiger charge is -2.24. The molecule has 2 aromatic rings. The smallest absolute Gasteiger partial charge is 0.242 e. The Hall–Kier alpha value is -1.63. The third-order valence-corrected chi connectivity index (χ3v) is 5.45. The number of fused-ring (bicyclic) bond motifs is 1. The molecule has 1 unspecified atom stereocenters. The van der Waals surface area contributed by atoms with E-state index in [1.54, 1.807) is 12.1 Å². The highest BCUT2D eigenvalue weighted by molar-refractivity contribution is 7.89. The minimum Gasteiger partial charge on any atom is -0.377 e. The quantitative estimate of drug-likeness (QED) is 0.824. The van der Waals surface area contributed by atoms with E-state index in [-0.39, 0.29) is 6.17 Å². The second kappa shape index (κ2) is 6.86. The van der Waals surface area contributed by atoms with Crippen molar-refractivity contribution in [3.05, 3.63) is 36.4 Å². The molecule has 0 heterocycles. The zero-order valence-electron chi connectivity index (χ0n) is 14.4. The molecule has 6 heteroatoms. The molecule has 0 saturated carbocycles. The largest absolute Gasteiger partial charge is 0.377 e. The summed E-state index contributed by atoms with van der Waals surface area (Å²) >= 11 is 0. The summed E-state index contributed by atoms with van der Waals surface area (Å²) in [6, 6.07) is 11.1. The van der Waals surface area contributed by atoms with Crippen LogP contribution in [0.25, 0.3) is 10.8 Å². The fraction of sp³-hybridized carbons (Fsp3) is 0.412. The van der Waals surface area contributed by atoms with E-state index in [4.69, 9.17) is 0 Å². The molecule has 0 aliphatic rings. The number of hydrogen-bond donors (Lipinski definition) is 1. The van der Waals surface area contributed by atoms with Crippen molar-refractivity contribution >= 4 is 26.5 Å². The summed E-state index contributed by atoms with van der Waals surface area (Å²) in [7, 11) is 4.04. The molecule has 2 rings (SSSR count). The number of nitrogens with one attached hydrogen (secondary N) is 1. The predicted molar refractivity (Wildman–Crippen MR) is 96.4 cm³/mol. The van der Waals surface area contributed by atoms with Gasteiger partial charge in [-0.05, 0) is 32.6 Å². The lowest BCUT2D eigenvalue weighted by Crippen LogP contribution is -2.44. The van der Waals surface area contributed by atoms with E-state index in [0.29, 0.717) is 11.3 Å². The molecule has 0 bridgehead atoms. The maximum absolute atomic E-state index is 12.8. The molecule has 0 saturated heterocycles. The van der Waals surface area contributed by atoms with Gasteiger partial charge in [-0.25, -0.2) is 8.42 Å². The number of hydrogen-bond acceptors (Lipinski definition) is 4. The van der Waals surface area contributed by atoms with E-state index in [0.717, 1.165) is 16.5 Å². The zero-order valence-corrected chi connectivity index (χ0v) is 15.2. The van der Waals surface area contributed by atoms with E-state index in [1.165, 1.54) is 0 Å². The Morgan fingerprint density at radius 2 is 1.61 bits per heavy atom. The summed E-state index contributed by atoms with van der Waals surface area (Å²) in [6.45, 7) is 1.96. The van der Waals surface area contributed by atoms with E-state index < -0.39 is 10.0 Å². The van der Waals surface area contributed by atoms with Crippen molar-refractivity contribution in [1.82, 2.24) is 9.62 Å². The highest BCUT2D eigenvalue weighted by Crippen LogP contribution is 2.30. The van der Waals surface area contributed by atoms with Crippen molar-refractivity contribution in [3.8, 4) is 0 Å². The van der Waals surface area contributed by atoms with Crippen molar-refractivity contribution in [2.75, 3.05) is 33.1 Å². The molecule has 0 radical (unpaired) electrons. The maximum atomic E-state index is 12.8. The monoisotopic (exact) mass is 335 g/mol. The fourth-order valence-corrected chi connectivity index (χ4v) is 4.27. The van der Waals surface area contributed by atoms with Gasteiger partial charge in [0.1, 0.15) is 0 Å². The molecule has 0 aliphatic heterocycles. The van der Waals surface area contributed by atoms with Crippen LogP contribution in [0.15, 0.2) is 41.3 Å². The Labute approximate surface area is 138 Å². The zero-order chi connectivity index (χ0) is 17.2. The number of rotatable bonds is 6. The van der Waals surface area contributed by atoms with Crippen LogP contribution in [0.5, 0.6) is 0 Å². The minimum absolute atomic E-state index is 0.229. The van der Waals surface area contributed by atoms with Crippen LogP contribution in [0.4, 0.5) is 5.69 Å². The Balaban J connectivity index is 2.57. The van der Waals surface area contributed by atoms with Gasteiger partial charge in [-0.3, -0.25) is 4.90 Å². The van der Waals surface area contributed by atoms with E-state index in [9.17, 15) is 8.42 Å². The summed E-state index contributed by atoms with van der Waals surface area (Å²) in [4.78, 5) is 4.17. The van der Waals surface area contributed by atoms with Gasteiger partial charge in [0.05, 0.1) is 11.1 Å². The molecule has 2 aromatic carbocycles.